The van der Waals surface area contributed by atoms with Crippen LogP contribution < -0.4 is 10.6 Å². The van der Waals surface area contributed by atoms with Crippen molar-refractivity contribution in [3.63, 3.8) is 0 Å². The number of rotatable bonds is 5. The summed E-state index contributed by atoms with van der Waals surface area (Å²) in [6.45, 7) is 6.28. The molecule has 0 saturated heterocycles. The molecule has 0 atom stereocenters. The van der Waals surface area contributed by atoms with Crippen molar-refractivity contribution in [3.8, 4) is 0 Å². The molecular weight excluding hydrogens is 300 g/mol. The van der Waals surface area contributed by atoms with Crippen molar-refractivity contribution in [2.75, 3.05) is 25.0 Å². The Hall–Kier alpha value is -1.91. The van der Waals surface area contributed by atoms with Crippen molar-refractivity contribution in [3.05, 3.63) is 23.4 Å². The molecule has 0 aromatic carbocycles. The minimum atomic E-state index is -0.0725. The number of aryl methyl sites for hydroxylation is 1. The topological polar surface area (TPSA) is 57.0 Å². The predicted molar refractivity (Wildman–Crippen MR) is 97.0 cm³/mol. The maximum atomic E-state index is 12.2. The molecule has 0 unspecified atom stereocenters. The van der Waals surface area contributed by atoms with Gasteiger partial charge in [0, 0.05) is 18.7 Å². The van der Waals surface area contributed by atoms with Gasteiger partial charge >= 0.3 is 6.03 Å². The number of amides is 2. The number of hydrogen-bond acceptors (Lipinski definition) is 3. The lowest BCUT2D eigenvalue weighted by Gasteiger charge is -2.20. The van der Waals surface area contributed by atoms with Crippen molar-refractivity contribution in [2.45, 2.75) is 51.4 Å². The van der Waals surface area contributed by atoms with Crippen LogP contribution in [0.2, 0.25) is 0 Å². The van der Waals surface area contributed by atoms with E-state index < -0.39 is 0 Å². The van der Waals surface area contributed by atoms with Gasteiger partial charge in [0.2, 0.25) is 0 Å². The van der Waals surface area contributed by atoms with Crippen LogP contribution in [-0.4, -0.2) is 41.9 Å². The van der Waals surface area contributed by atoms with Gasteiger partial charge in [-0.3, -0.25) is 0 Å². The zero-order chi connectivity index (χ0) is 16.8. The van der Waals surface area contributed by atoms with Gasteiger partial charge in [-0.1, -0.05) is 25.3 Å². The van der Waals surface area contributed by atoms with Crippen LogP contribution in [0.4, 0.5) is 10.6 Å². The normalized spacial score (nSPS) is 17.7. The summed E-state index contributed by atoms with van der Waals surface area (Å²) in [7, 11) is 0. The third-order valence-electron chi connectivity index (χ3n) is 5.10. The Kier molecular flexibility index (Phi) is 5.83. The number of nitrogens with one attached hydrogen (secondary N) is 2. The predicted octanol–water partition coefficient (Wildman–Crippen LogP) is 2.99. The SMILES string of the molecule is C=[N+](CC1CCCCC1)C(=O)NCCc1ccc2c(n1)NCCC2. The van der Waals surface area contributed by atoms with E-state index in [0.29, 0.717) is 12.5 Å². The summed E-state index contributed by atoms with van der Waals surface area (Å²) in [5.74, 6) is 1.64. The number of urea groups is 1. The highest BCUT2D eigenvalue weighted by molar-refractivity contribution is 5.66. The van der Waals surface area contributed by atoms with E-state index in [9.17, 15) is 4.79 Å². The summed E-state index contributed by atoms with van der Waals surface area (Å²) in [6.07, 6.45) is 9.39. The van der Waals surface area contributed by atoms with Crippen LogP contribution in [0.3, 0.4) is 0 Å². The maximum Gasteiger partial charge on any atom is 0.490 e. The van der Waals surface area contributed by atoms with Crippen molar-refractivity contribution >= 4 is 18.6 Å². The highest BCUT2D eigenvalue weighted by atomic mass is 16.2. The lowest BCUT2D eigenvalue weighted by molar-refractivity contribution is -0.430. The van der Waals surface area contributed by atoms with E-state index in [2.05, 4.69) is 34.5 Å². The maximum absolute atomic E-state index is 12.2. The lowest BCUT2D eigenvalue weighted by atomic mass is 9.89. The molecule has 5 heteroatoms. The number of carbonyl (C=O) groups excluding carboxylic acids is 1. The van der Waals surface area contributed by atoms with Gasteiger partial charge in [-0.15, -0.1) is 0 Å². The van der Waals surface area contributed by atoms with E-state index in [0.717, 1.165) is 37.4 Å². The number of fused-ring (bicyclic) bond motifs is 1. The minimum Gasteiger partial charge on any atom is -0.370 e. The molecule has 0 spiro atoms. The first-order valence-corrected chi connectivity index (χ1v) is 9.31. The van der Waals surface area contributed by atoms with Gasteiger partial charge in [-0.25, -0.2) is 14.9 Å². The molecule has 1 aromatic heterocycles. The summed E-state index contributed by atoms with van der Waals surface area (Å²) in [4.78, 5) is 16.8. The Labute approximate surface area is 144 Å². The number of anilines is 1. The fourth-order valence-electron chi connectivity index (χ4n) is 3.68. The van der Waals surface area contributed by atoms with Crippen molar-refractivity contribution < 1.29 is 9.37 Å². The van der Waals surface area contributed by atoms with Crippen molar-refractivity contribution in [2.24, 2.45) is 5.92 Å². The summed E-state index contributed by atoms with van der Waals surface area (Å²) < 4.78 is 1.60. The highest BCUT2D eigenvalue weighted by Gasteiger charge is 2.21. The molecule has 3 rings (SSSR count). The molecule has 2 N–H and O–H groups in total. The Bertz CT molecular complexity index is 593. The Morgan fingerprint density at radius 2 is 2.12 bits per heavy atom. The van der Waals surface area contributed by atoms with E-state index in [4.69, 9.17) is 0 Å². The number of carbonyl (C=O) groups is 1. The lowest BCUT2D eigenvalue weighted by Crippen LogP contribution is -2.36. The van der Waals surface area contributed by atoms with E-state index in [1.54, 1.807) is 4.58 Å². The highest BCUT2D eigenvalue weighted by Crippen LogP contribution is 2.23. The van der Waals surface area contributed by atoms with Gasteiger partial charge in [0.05, 0.1) is 19.8 Å². The number of hydrogen-bond donors (Lipinski definition) is 2. The standard InChI is InChI=1S/C19H28N4O/c1-23(14-15-6-3-2-4-7-15)19(24)21-13-11-17-10-9-16-8-5-12-20-18(16)22-17/h9-10,15H,1-8,11-14H2,(H-,20,21,22,24)/p+1. The van der Waals surface area contributed by atoms with Crippen LogP contribution in [0.15, 0.2) is 12.1 Å². The quantitative estimate of drug-likeness (QED) is 0.645. The van der Waals surface area contributed by atoms with Crippen molar-refractivity contribution in [1.29, 1.82) is 0 Å². The second kappa shape index (κ2) is 8.27. The molecule has 1 saturated carbocycles. The Balaban J connectivity index is 1.42. The van der Waals surface area contributed by atoms with Crippen LogP contribution in [-0.2, 0) is 12.8 Å². The first-order chi connectivity index (χ1) is 11.7. The molecule has 1 fully saturated rings. The fraction of sp³-hybridized carbons (Fsp3) is 0.632. The average Bonchev–Trinajstić information content (AvgIpc) is 2.62. The van der Waals surface area contributed by atoms with Gasteiger partial charge in [0.25, 0.3) is 0 Å². The molecule has 1 aliphatic heterocycles. The first kappa shape index (κ1) is 16.9. The molecule has 1 aliphatic carbocycles. The molecule has 5 nitrogen and oxygen atoms in total. The van der Waals surface area contributed by atoms with Crippen LogP contribution in [0.5, 0.6) is 0 Å². The molecule has 2 amide bonds. The summed E-state index contributed by atoms with van der Waals surface area (Å²) in [5.41, 5.74) is 2.32. The number of aromatic nitrogens is 1. The molecule has 24 heavy (non-hydrogen) atoms. The van der Waals surface area contributed by atoms with E-state index in [-0.39, 0.29) is 6.03 Å². The molecule has 0 radical (unpaired) electrons. The van der Waals surface area contributed by atoms with E-state index in [1.165, 1.54) is 44.1 Å². The molecule has 0 bridgehead atoms. The fourth-order valence-corrected chi connectivity index (χ4v) is 3.68. The number of nitrogens with zero attached hydrogens (tertiary/aromatic N) is 2. The Morgan fingerprint density at radius 3 is 2.96 bits per heavy atom. The van der Waals surface area contributed by atoms with Gasteiger partial charge in [-0.05, 0) is 43.2 Å². The largest absolute Gasteiger partial charge is 0.490 e. The zero-order valence-electron chi connectivity index (χ0n) is 14.5. The van der Waals surface area contributed by atoms with Crippen LogP contribution >= 0.6 is 0 Å². The van der Waals surface area contributed by atoms with E-state index >= 15 is 0 Å². The second-order valence-corrected chi connectivity index (χ2v) is 7.05. The summed E-state index contributed by atoms with van der Waals surface area (Å²) >= 11 is 0. The van der Waals surface area contributed by atoms with Gasteiger partial charge in [0.15, 0.2) is 0 Å². The monoisotopic (exact) mass is 329 g/mol. The Morgan fingerprint density at radius 1 is 1.29 bits per heavy atom. The first-order valence-electron chi connectivity index (χ1n) is 9.31. The van der Waals surface area contributed by atoms with Gasteiger partial charge < -0.3 is 5.32 Å². The molecule has 130 valence electrons. The van der Waals surface area contributed by atoms with Crippen molar-refractivity contribution in [1.82, 2.24) is 10.3 Å². The molecule has 1 aromatic rings. The van der Waals surface area contributed by atoms with Crippen LogP contribution in [0.25, 0.3) is 0 Å². The molecular formula is C19H29N4O+. The third-order valence-corrected chi connectivity index (χ3v) is 5.10. The van der Waals surface area contributed by atoms with Crippen LogP contribution in [0, 0.1) is 5.92 Å². The minimum absolute atomic E-state index is 0.0725. The van der Waals surface area contributed by atoms with Gasteiger partial charge in [0.1, 0.15) is 5.82 Å². The third kappa shape index (κ3) is 4.56. The molecule has 2 aliphatic rings. The van der Waals surface area contributed by atoms with Gasteiger partial charge in [-0.2, -0.15) is 4.79 Å². The number of pyridine rings is 1. The van der Waals surface area contributed by atoms with Crippen LogP contribution in [0.1, 0.15) is 49.8 Å². The van der Waals surface area contributed by atoms with E-state index in [1.807, 2.05) is 0 Å². The molecule has 2 heterocycles. The second-order valence-electron chi connectivity index (χ2n) is 7.05. The smallest absolute Gasteiger partial charge is 0.370 e. The zero-order valence-corrected chi connectivity index (χ0v) is 14.5. The summed E-state index contributed by atoms with van der Waals surface area (Å²) in [5, 5.41) is 6.31. The average molecular weight is 329 g/mol. The summed E-state index contributed by atoms with van der Waals surface area (Å²) in [6, 6.07) is 4.15.